The highest BCUT2D eigenvalue weighted by Crippen LogP contribution is 2.25. The maximum atomic E-state index is 14.0. The van der Waals surface area contributed by atoms with Gasteiger partial charge in [-0.25, -0.2) is 13.6 Å². The van der Waals surface area contributed by atoms with Gasteiger partial charge in [0.25, 0.3) is 0 Å². The number of nitrogens with one attached hydrogen (secondary N) is 2. The van der Waals surface area contributed by atoms with Gasteiger partial charge in [0.2, 0.25) is 0 Å². The van der Waals surface area contributed by atoms with Crippen molar-refractivity contribution in [2.45, 2.75) is 6.54 Å². The van der Waals surface area contributed by atoms with E-state index in [1.165, 1.54) is 16.7 Å². The molecule has 4 rings (SSSR count). The number of imidazole rings is 1. The van der Waals surface area contributed by atoms with Gasteiger partial charge in [-0.1, -0.05) is 18.2 Å². The predicted molar refractivity (Wildman–Crippen MR) is 93.1 cm³/mol. The molecule has 1 aliphatic heterocycles. The SMILES string of the molecule is O=c1[nH]c2c(N3CCNCC3)cccc2n1Cc1cccc(F)c1F. The van der Waals surface area contributed by atoms with Crippen molar-refractivity contribution in [1.82, 2.24) is 14.9 Å². The Morgan fingerprint density at radius 3 is 2.60 bits per heavy atom. The molecule has 0 unspecified atom stereocenters. The lowest BCUT2D eigenvalue weighted by molar-refractivity contribution is 0.495. The fourth-order valence-electron chi connectivity index (χ4n) is 3.33. The largest absolute Gasteiger partial charge is 0.367 e. The van der Waals surface area contributed by atoms with E-state index in [9.17, 15) is 13.6 Å². The first kappa shape index (κ1) is 15.8. The lowest BCUT2D eigenvalue weighted by Gasteiger charge is -2.29. The normalized spacial score (nSPS) is 15.0. The zero-order valence-electron chi connectivity index (χ0n) is 13.6. The van der Waals surface area contributed by atoms with E-state index >= 15 is 0 Å². The molecule has 1 aliphatic rings. The van der Waals surface area contributed by atoms with Gasteiger partial charge in [-0.15, -0.1) is 0 Å². The molecule has 0 spiro atoms. The number of nitrogens with zero attached hydrogens (tertiary/aromatic N) is 2. The van der Waals surface area contributed by atoms with Gasteiger partial charge in [0.1, 0.15) is 0 Å². The molecule has 0 amide bonds. The van der Waals surface area contributed by atoms with Crippen molar-refractivity contribution in [3.05, 3.63) is 64.1 Å². The second-order valence-corrected chi connectivity index (χ2v) is 6.14. The van der Waals surface area contributed by atoms with Crippen molar-refractivity contribution >= 4 is 16.7 Å². The number of H-pyrrole nitrogens is 1. The second-order valence-electron chi connectivity index (χ2n) is 6.14. The fraction of sp³-hybridized carbons (Fsp3) is 0.278. The Kier molecular flexibility index (Phi) is 4.01. The standard InChI is InChI=1S/C18H18F2N4O/c19-13-4-1-3-12(16(13)20)11-24-15-6-2-5-14(17(15)22-18(24)25)23-9-7-21-8-10-23/h1-6,21H,7-11H2,(H,22,25). The van der Waals surface area contributed by atoms with Crippen molar-refractivity contribution in [1.29, 1.82) is 0 Å². The summed E-state index contributed by atoms with van der Waals surface area (Å²) >= 11 is 0. The molecular formula is C18H18F2N4O. The molecule has 0 aliphatic carbocycles. The van der Waals surface area contributed by atoms with Crippen LogP contribution in [0.4, 0.5) is 14.5 Å². The summed E-state index contributed by atoms with van der Waals surface area (Å²) in [6.45, 7) is 3.45. The number of para-hydroxylation sites is 1. The number of benzene rings is 2. The summed E-state index contributed by atoms with van der Waals surface area (Å²) in [5.41, 5.74) is 2.18. The smallest absolute Gasteiger partial charge is 0.326 e. The molecule has 130 valence electrons. The molecule has 3 aromatic rings. The molecule has 2 heterocycles. The van der Waals surface area contributed by atoms with E-state index in [1.54, 1.807) is 0 Å². The van der Waals surface area contributed by atoms with E-state index in [0.717, 1.165) is 43.4 Å². The summed E-state index contributed by atoms with van der Waals surface area (Å²) in [5.74, 6) is -1.83. The molecule has 2 aromatic carbocycles. The van der Waals surface area contributed by atoms with Crippen molar-refractivity contribution < 1.29 is 8.78 Å². The summed E-state index contributed by atoms with van der Waals surface area (Å²) in [4.78, 5) is 17.5. The minimum Gasteiger partial charge on any atom is -0.367 e. The zero-order valence-corrected chi connectivity index (χ0v) is 13.6. The molecule has 7 heteroatoms. The number of hydrogen-bond acceptors (Lipinski definition) is 3. The summed E-state index contributed by atoms with van der Waals surface area (Å²) < 4.78 is 28.9. The molecule has 0 saturated carbocycles. The van der Waals surface area contributed by atoms with Gasteiger partial charge in [-0.2, -0.15) is 0 Å². The molecule has 2 N–H and O–H groups in total. The first-order chi connectivity index (χ1) is 12.1. The second kappa shape index (κ2) is 6.33. The van der Waals surface area contributed by atoms with E-state index < -0.39 is 11.6 Å². The third kappa shape index (κ3) is 2.80. The minimum absolute atomic E-state index is 0.0204. The summed E-state index contributed by atoms with van der Waals surface area (Å²) in [5, 5.41) is 3.30. The predicted octanol–water partition coefficient (Wildman–Crippen LogP) is 2.07. The van der Waals surface area contributed by atoms with Crippen molar-refractivity contribution in [2.24, 2.45) is 0 Å². The van der Waals surface area contributed by atoms with Crippen LogP contribution in [0.2, 0.25) is 0 Å². The van der Waals surface area contributed by atoms with Crippen LogP contribution in [0.15, 0.2) is 41.2 Å². The lowest BCUT2D eigenvalue weighted by atomic mass is 10.2. The molecule has 1 saturated heterocycles. The highest BCUT2D eigenvalue weighted by Gasteiger charge is 2.18. The average molecular weight is 344 g/mol. The summed E-state index contributed by atoms with van der Waals surface area (Å²) in [6.07, 6.45) is 0. The van der Waals surface area contributed by atoms with Crippen LogP contribution < -0.4 is 15.9 Å². The van der Waals surface area contributed by atoms with Crippen LogP contribution in [0.1, 0.15) is 5.56 Å². The van der Waals surface area contributed by atoms with E-state index in [2.05, 4.69) is 15.2 Å². The number of rotatable bonds is 3. The van der Waals surface area contributed by atoms with Crippen LogP contribution >= 0.6 is 0 Å². The molecule has 1 fully saturated rings. The monoisotopic (exact) mass is 344 g/mol. The van der Waals surface area contributed by atoms with E-state index in [0.29, 0.717) is 5.52 Å². The van der Waals surface area contributed by atoms with Gasteiger partial charge < -0.3 is 15.2 Å². The van der Waals surface area contributed by atoms with Crippen LogP contribution in [0.3, 0.4) is 0 Å². The van der Waals surface area contributed by atoms with Crippen LogP contribution in [0.5, 0.6) is 0 Å². The molecule has 0 atom stereocenters. The Morgan fingerprint density at radius 1 is 1.04 bits per heavy atom. The molecule has 0 radical (unpaired) electrons. The summed E-state index contributed by atoms with van der Waals surface area (Å²) in [6, 6.07) is 9.67. The number of aromatic nitrogens is 2. The quantitative estimate of drug-likeness (QED) is 0.765. The highest BCUT2D eigenvalue weighted by atomic mass is 19.2. The molecule has 0 bridgehead atoms. The van der Waals surface area contributed by atoms with Crippen LogP contribution in [-0.4, -0.2) is 35.7 Å². The first-order valence-electron chi connectivity index (χ1n) is 8.25. The van der Waals surface area contributed by atoms with Gasteiger partial charge in [0.15, 0.2) is 11.6 Å². The Hall–Kier alpha value is -2.67. The number of piperazine rings is 1. The Morgan fingerprint density at radius 2 is 1.80 bits per heavy atom. The number of halogens is 2. The third-order valence-corrected chi connectivity index (χ3v) is 4.61. The molecule has 5 nitrogen and oxygen atoms in total. The van der Waals surface area contributed by atoms with Crippen molar-refractivity contribution in [3.63, 3.8) is 0 Å². The van der Waals surface area contributed by atoms with Gasteiger partial charge >= 0.3 is 5.69 Å². The van der Waals surface area contributed by atoms with Crippen LogP contribution in [0, 0.1) is 11.6 Å². The third-order valence-electron chi connectivity index (χ3n) is 4.61. The average Bonchev–Trinajstić information content (AvgIpc) is 2.95. The van der Waals surface area contributed by atoms with E-state index in [1.807, 2.05) is 18.2 Å². The van der Waals surface area contributed by atoms with Gasteiger partial charge in [0, 0.05) is 31.7 Å². The maximum Gasteiger partial charge on any atom is 0.326 e. The molecular weight excluding hydrogens is 326 g/mol. The topological polar surface area (TPSA) is 53.1 Å². The van der Waals surface area contributed by atoms with Crippen LogP contribution in [0.25, 0.3) is 11.0 Å². The first-order valence-corrected chi connectivity index (χ1v) is 8.25. The fourth-order valence-corrected chi connectivity index (χ4v) is 3.33. The number of fused-ring (bicyclic) bond motifs is 1. The van der Waals surface area contributed by atoms with Crippen molar-refractivity contribution in [3.8, 4) is 0 Å². The number of aromatic amines is 1. The van der Waals surface area contributed by atoms with Crippen LogP contribution in [-0.2, 0) is 6.54 Å². The zero-order chi connectivity index (χ0) is 17.4. The van der Waals surface area contributed by atoms with Crippen molar-refractivity contribution in [2.75, 3.05) is 31.1 Å². The van der Waals surface area contributed by atoms with E-state index in [-0.39, 0.29) is 17.8 Å². The molecule has 1 aromatic heterocycles. The van der Waals surface area contributed by atoms with E-state index in [4.69, 9.17) is 0 Å². The number of hydrogen-bond donors (Lipinski definition) is 2. The van der Waals surface area contributed by atoms with Gasteiger partial charge in [0.05, 0.1) is 23.3 Å². The summed E-state index contributed by atoms with van der Waals surface area (Å²) in [7, 11) is 0. The van der Waals surface area contributed by atoms with Gasteiger partial charge in [-0.3, -0.25) is 4.57 Å². The minimum atomic E-state index is -0.915. The Bertz CT molecular complexity index is 973. The number of anilines is 1. The molecule has 25 heavy (non-hydrogen) atoms. The maximum absolute atomic E-state index is 14.0. The Balaban J connectivity index is 1.79. The van der Waals surface area contributed by atoms with Gasteiger partial charge in [-0.05, 0) is 18.2 Å². The lowest BCUT2D eigenvalue weighted by Crippen LogP contribution is -2.43. The highest BCUT2D eigenvalue weighted by molar-refractivity contribution is 5.89. The Labute approximate surface area is 142 Å².